The van der Waals surface area contributed by atoms with Crippen LogP contribution in [0.1, 0.15) is 17.0 Å². The summed E-state index contributed by atoms with van der Waals surface area (Å²) < 4.78 is 6.63. The van der Waals surface area contributed by atoms with Crippen LogP contribution in [0.2, 0.25) is 0 Å². The fourth-order valence-corrected chi connectivity index (χ4v) is 3.73. The van der Waals surface area contributed by atoms with Crippen molar-refractivity contribution in [2.45, 2.75) is 19.4 Å². The quantitative estimate of drug-likeness (QED) is 0.223. The van der Waals surface area contributed by atoms with Crippen LogP contribution in [0.25, 0.3) is 10.2 Å². The fourth-order valence-electron chi connectivity index (χ4n) is 2.72. The molecule has 0 aliphatic carbocycles. The lowest BCUT2D eigenvalue weighted by atomic mass is 10.2. The van der Waals surface area contributed by atoms with Gasteiger partial charge in [-0.05, 0) is 24.6 Å². The number of rotatable bonds is 7. The van der Waals surface area contributed by atoms with E-state index in [4.69, 9.17) is 4.74 Å². The second-order valence-corrected chi connectivity index (χ2v) is 6.96. The van der Waals surface area contributed by atoms with Crippen LogP contribution in [-0.2, 0) is 13.0 Å². The first kappa shape index (κ1) is 21.4. The third-order valence-electron chi connectivity index (χ3n) is 4.06. The van der Waals surface area contributed by atoms with Crippen LogP contribution >= 0.6 is 35.3 Å². The highest BCUT2D eigenvalue weighted by molar-refractivity contribution is 14.0. The predicted molar refractivity (Wildman–Crippen MR) is 125 cm³/mol. The SMILES string of the molecule is CN=C(NCCCc1nc2ccccc2s1)NCc1ccccc1OC.I. The zero-order valence-electron chi connectivity index (χ0n) is 15.6. The van der Waals surface area contributed by atoms with Gasteiger partial charge in [-0.3, -0.25) is 4.99 Å². The molecule has 0 fully saturated rings. The Kier molecular flexibility index (Phi) is 8.80. The molecule has 27 heavy (non-hydrogen) atoms. The predicted octanol–water partition coefficient (Wildman–Crippen LogP) is 4.22. The first-order valence-corrected chi connectivity index (χ1v) is 9.52. The number of benzene rings is 2. The minimum atomic E-state index is 0. The molecule has 0 aliphatic heterocycles. The summed E-state index contributed by atoms with van der Waals surface area (Å²) in [6.07, 6.45) is 1.98. The molecule has 5 nitrogen and oxygen atoms in total. The molecule has 0 aliphatic rings. The molecule has 1 heterocycles. The summed E-state index contributed by atoms with van der Waals surface area (Å²) in [5, 5.41) is 7.87. The van der Waals surface area contributed by atoms with E-state index in [9.17, 15) is 0 Å². The van der Waals surface area contributed by atoms with Crippen LogP contribution in [0.5, 0.6) is 5.75 Å². The highest BCUT2D eigenvalue weighted by atomic mass is 127. The van der Waals surface area contributed by atoms with Gasteiger partial charge in [0.2, 0.25) is 0 Å². The molecular weight excluding hydrogens is 471 g/mol. The Morgan fingerprint density at radius 2 is 1.89 bits per heavy atom. The number of hydrogen-bond donors (Lipinski definition) is 2. The Balaban J connectivity index is 0.00000261. The number of aliphatic imine (C=N–C) groups is 1. The Bertz CT molecular complexity index is 848. The molecule has 0 spiro atoms. The standard InChI is InChI=1S/C20H24N4OS.HI/c1-21-20(23-14-15-8-3-5-10-17(15)25-2)22-13-7-12-19-24-16-9-4-6-11-18(16)26-19;/h3-6,8-11H,7,12-14H2,1-2H3,(H2,21,22,23);1H. The van der Waals surface area contributed by atoms with Crippen molar-refractivity contribution in [1.82, 2.24) is 15.6 Å². The molecule has 2 N–H and O–H groups in total. The smallest absolute Gasteiger partial charge is 0.191 e. The number of halogens is 1. The van der Waals surface area contributed by atoms with E-state index >= 15 is 0 Å². The third-order valence-corrected chi connectivity index (χ3v) is 5.16. The van der Waals surface area contributed by atoms with Crippen LogP contribution in [0.3, 0.4) is 0 Å². The van der Waals surface area contributed by atoms with Crippen LogP contribution in [0.15, 0.2) is 53.5 Å². The highest BCUT2D eigenvalue weighted by Gasteiger charge is 2.05. The van der Waals surface area contributed by atoms with E-state index in [0.29, 0.717) is 6.54 Å². The molecule has 0 bridgehead atoms. The number of hydrogen-bond acceptors (Lipinski definition) is 4. The maximum Gasteiger partial charge on any atom is 0.191 e. The molecule has 0 saturated carbocycles. The number of guanidine groups is 1. The topological polar surface area (TPSA) is 58.5 Å². The molecule has 0 unspecified atom stereocenters. The van der Waals surface area contributed by atoms with Gasteiger partial charge in [-0.2, -0.15) is 0 Å². The molecule has 3 aromatic rings. The monoisotopic (exact) mass is 496 g/mol. The second kappa shape index (κ2) is 11.1. The zero-order valence-corrected chi connectivity index (χ0v) is 18.7. The molecule has 0 amide bonds. The summed E-state index contributed by atoms with van der Waals surface area (Å²) in [5.41, 5.74) is 2.20. The molecule has 3 rings (SSSR count). The van der Waals surface area contributed by atoms with Gasteiger partial charge in [0.1, 0.15) is 5.75 Å². The van der Waals surface area contributed by atoms with Crippen molar-refractivity contribution < 1.29 is 4.74 Å². The van der Waals surface area contributed by atoms with Crippen molar-refractivity contribution in [1.29, 1.82) is 0 Å². The van der Waals surface area contributed by atoms with Gasteiger partial charge in [-0.15, -0.1) is 35.3 Å². The lowest BCUT2D eigenvalue weighted by Gasteiger charge is -2.13. The van der Waals surface area contributed by atoms with Gasteiger partial charge < -0.3 is 15.4 Å². The first-order chi connectivity index (χ1) is 12.8. The summed E-state index contributed by atoms with van der Waals surface area (Å²) in [4.78, 5) is 8.95. The van der Waals surface area contributed by atoms with Crippen LogP contribution in [0.4, 0.5) is 0 Å². The van der Waals surface area contributed by atoms with Crippen molar-refractivity contribution >= 4 is 51.5 Å². The van der Waals surface area contributed by atoms with E-state index in [1.54, 1.807) is 25.5 Å². The number of aryl methyl sites for hydroxylation is 1. The van der Waals surface area contributed by atoms with Gasteiger partial charge in [0.25, 0.3) is 0 Å². The zero-order chi connectivity index (χ0) is 18.2. The molecule has 0 radical (unpaired) electrons. The highest BCUT2D eigenvalue weighted by Crippen LogP contribution is 2.22. The number of ether oxygens (including phenoxy) is 1. The van der Waals surface area contributed by atoms with E-state index < -0.39 is 0 Å². The molecule has 7 heteroatoms. The summed E-state index contributed by atoms with van der Waals surface area (Å²) in [6.45, 7) is 1.52. The van der Waals surface area contributed by atoms with Crippen LogP contribution in [-0.4, -0.2) is 31.6 Å². The summed E-state index contributed by atoms with van der Waals surface area (Å²) in [6, 6.07) is 16.3. The summed E-state index contributed by atoms with van der Waals surface area (Å²) in [5.74, 6) is 1.67. The average Bonchev–Trinajstić information content (AvgIpc) is 3.10. The Morgan fingerprint density at radius 1 is 1.11 bits per heavy atom. The van der Waals surface area contributed by atoms with Gasteiger partial charge in [0.15, 0.2) is 5.96 Å². The van der Waals surface area contributed by atoms with Gasteiger partial charge in [-0.25, -0.2) is 4.98 Å². The fraction of sp³-hybridized carbons (Fsp3) is 0.300. The van der Waals surface area contributed by atoms with E-state index in [2.05, 4.69) is 38.8 Å². The molecule has 1 aromatic heterocycles. The molecule has 0 saturated heterocycles. The third kappa shape index (κ3) is 6.07. The van der Waals surface area contributed by atoms with Crippen molar-refractivity contribution in [3.63, 3.8) is 0 Å². The van der Waals surface area contributed by atoms with Crippen molar-refractivity contribution in [2.75, 3.05) is 20.7 Å². The van der Waals surface area contributed by atoms with Gasteiger partial charge in [0, 0.05) is 32.1 Å². The molecule has 144 valence electrons. The number of fused-ring (bicyclic) bond motifs is 1. The van der Waals surface area contributed by atoms with Gasteiger partial charge in [0.05, 0.1) is 22.3 Å². The number of aromatic nitrogens is 1. The average molecular weight is 496 g/mol. The van der Waals surface area contributed by atoms with Crippen molar-refractivity contribution in [3.05, 3.63) is 59.1 Å². The molecular formula is C20H25IN4OS. The maximum atomic E-state index is 5.38. The summed E-state index contributed by atoms with van der Waals surface area (Å²) in [7, 11) is 3.47. The number of para-hydroxylation sites is 2. The maximum absolute atomic E-state index is 5.38. The number of methoxy groups -OCH3 is 1. The lowest BCUT2D eigenvalue weighted by molar-refractivity contribution is 0.409. The normalized spacial score (nSPS) is 11.1. The number of thiazole rings is 1. The van der Waals surface area contributed by atoms with Gasteiger partial charge >= 0.3 is 0 Å². The van der Waals surface area contributed by atoms with E-state index in [1.165, 1.54) is 9.71 Å². The number of nitrogens with one attached hydrogen (secondary N) is 2. The van der Waals surface area contributed by atoms with E-state index in [0.717, 1.165) is 42.2 Å². The van der Waals surface area contributed by atoms with Crippen molar-refractivity contribution in [2.24, 2.45) is 4.99 Å². The first-order valence-electron chi connectivity index (χ1n) is 8.71. The molecule has 0 atom stereocenters. The second-order valence-electron chi connectivity index (χ2n) is 5.84. The lowest BCUT2D eigenvalue weighted by Crippen LogP contribution is -2.37. The molecule has 2 aromatic carbocycles. The Hall–Kier alpha value is -1.87. The Labute approximate surface area is 181 Å². The summed E-state index contributed by atoms with van der Waals surface area (Å²) >= 11 is 1.77. The minimum absolute atomic E-state index is 0. The minimum Gasteiger partial charge on any atom is -0.496 e. The number of nitrogens with zero attached hydrogens (tertiary/aromatic N) is 2. The van der Waals surface area contributed by atoms with Crippen molar-refractivity contribution in [3.8, 4) is 5.75 Å². The largest absolute Gasteiger partial charge is 0.496 e. The van der Waals surface area contributed by atoms with E-state index in [1.807, 2.05) is 30.3 Å². The van der Waals surface area contributed by atoms with E-state index in [-0.39, 0.29) is 24.0 Å². The van der Waals surface area contributed by atoms with Gasteiger partial charge in [-0.1, -0.05) is 30.3 Å². The van der Waals surface area contributed by atoms with Crippen LogP contribution in [0, 0.1) is 0 Å². The van der Waals surface area contributed by atoms with Crippen LogP contribution < -0.4 is 15.4 Å². The Morgan fingerprint density at radius 3 is 2.67 bits per heavy atom.